The highest BCUT2D eigenvalue weighted by Crippen LogP contribution is 2.32. The van der Waals surface area contributed by atoms with Gasteiger partial charge in [0.15, 0.2) is 0 Å². The van der Waals surface area contributed by atoms with E-state index in [-0.39, 0.29) is 5.92 Å². The summed E-state index contributed by atoms with van der Waals surface area (Å²) >= 11 is 0. The monoisotopic (exact) mass is 292 g/mol. The molecule has 0 bridgehead atoms. The Kier molecular flexibility index (Phi) is 4.96. The molecule has 0 unspecified atom stereocenters. The summed E-state index contributed by atoms with van der Waals surface area (Å²) in [5, 5.41) is 19.6. The van der Waals surface area contributed by atoms with Crippen molar-refractivity contribution in [3.63, 3.8) is 0 Å². The number of rotatable bonds is 5. The van der Waals surface area contributed by atoms with Crippen LogP contribution in [0.3, 0.4) is 0 Å². The molecule has 1 saturated carbocycles. The number of carbonyl (C=O) groups is 1. The number of pyridine rings is 1. The maximum absolute atomic E-state index is 11.0. The van der Waals surface area contributed by atoms with Gasteiger partial charge in [0.1, 0.15) is 0 Å². The maximum Gasteiger partial charge on any atom is 0.306 e. The van der Waals surface area contributed by atoms with Crippen LogP contribution in [0.4, 0.5) is 0 Å². The third-order valence-corrected chi connectivity index (χ3v) is 4.21. The molecule has 1 aromatic rings. The van der Waals surface area contributed by atoms with Crippen LogP contribution in [-0.4, -0.2) is 45.3 Å². The molecule has 0 amide bonds. The van der Waals surface area contributed by atoms with Crippen LogP contribution in [0.5, 0.6) is 0 Å². The molecule has 1 heterocycles. The fraction of sp³-hybridized carbons (Fsp3) is 0.625. The van der Waals surface area contributed by atoms with Crippen molar-refractivity contribution in [1.82, 2.24) is 9.88 Å². The highest BCUT2D eigenvalue weighted by molar-refractivity contribution is 5.70. The Morgan fingerprint density at radius 3 is 2.67 bits per heavy atom. The van der Waals surface area contributed by atoms with Crippen molar-refractivity contribution in [1.29, 1.82) is 0 Å². The van der Waals surface area contributed by atoms with Gasteiger partial charge in [0.25, 0.3) is 0 Å². The molecule has 5 nitrogen and oxygen atoms in total. The minimum atomic E-state index is -0.773. The number of aliphatic carboxylic acids is 1. The molecule has 1 fully saturated rings. The van der Waals surface area contributed by atoms with Crippen molar-refractivity contribution in [3.05, 3.63) is 29.6 Å². The molecule has 2 rings (SSSR count). The lowest BCUT2D eigenvalue weighted by atomic mass is 9.78. The van der Waals surface area contributed by atoms with E-state index in [9.17, 15) is 9.90 Å². The predicted molar refractivity (Wildman–Crippen MR) is 79.9 cm³/mol. The van der Waals surface area contributed by atoms with E-state index in [2.05, 4.69) is 9.88 Å². The van der Waals surface area contributed by atoms with E-state index in [0.29, 0.717) is 38.8 Å². The van der Waals surface area contributed by atoms with Crippen LogP contribution in [0, 0.1) is 12.8 Å². The average molecular weight is 292 g/mol. The van der Waals surface area contributed by atoms with Crippen LogP contribution in [0.2, 0.25) is 0 Å². The van der Waals surface area contributed by atoms with Crippen molar-refractivity contribution in [2.75, 3.05) is 13.6 Å². The number of aliphatic hydroxyl groups is 1. The summed E-state index contributed by atoms with van der Waals surface area (Å²) in [5.74, 6) is -1.04. The first-order chi connectivity index (χ1) is 9.88. The smallest absolute Gasteiger partial charge is 0.306 e. The Bertz CT molecular complexity index is 496. The fourth-order valence-electron chi connectivity index (χ4n) is 3.08. The first-order valence-electron chi connectivity index (χ1n) is 7.44. The van der Waals surface area contributed by atoms with Crippen LogP contribution in [0.25, 0.3) is 0 Å². The molecule has 0 saturated heterocycles. The minimum Gasteiger partial charge on any atom is -0.481 e. The van der Waals surface area contributed by atoms with Gasteiger partial charge < -0.3 is 10.2 Å². The minimum absolute atomic E-state index is 0.297. The number of carboxylic acid groups (broad SMARTS) is 1. The standard InChI is InChI=1S/C16H24N2O3/c1-12-4-3-5-14(17-12)10-18(2)11-16(21)8-6-13(7-9-16)15(19)20/h3-5,13,21H,6-11H2,1-2H3,(H,19,20). The van der Waals surface area contributed by atoms with Gasteiger partial charge in [-0.15, -0.1) is 0 Å². The third-order valence-electron chi connectivity index (χ3n) is 4.21. The van der Waals surface area contributed by atoms with Crippen molar-refractivity contribution < 1.29 is 15.0 Å². The van der Waals surface area contributed by atoms with Crippen molar-refractivity contribution >= 4 is 5.97 Å². The van der Waals surface area contributed by atoms with E-state index >= 15 is 0 Å². The molecule has 116 valence electrons. The Balaban J connectivity index is 1.87. The molecule has 0 aliphatic heterocycles. The van der Waals surface area contributed by atoms with Crippen LogP contribution >= 0.6 is 0 Å². The summed E-state index contributed by atoms with van der Waals surface area (Å²) in [4.78, 5) is 17.5. The first-order valence-corrected chi connectivity index (χ1v) is 7.44. The lowest BCUT2D eigenvalue weighted by Crippen LogP contribution is -2.45. The van der Waals surface area contributed by atoms with Crippen LogP contribution in [0.1, 0.15) is 37.1 Å². The molecular formula is C16H24N2O3. The summed E-state index contributed by atoms with van der Waals surface area (Å²) in [5.41, 5.74) is 1.20. The molecule has 0 spiro atoms. The second-order valence-corrected chi connectivity index (χ2v) is 6.28. The first kappa shape index (κ1) is 15.9. The fourth-order valence-corrected chi connectivity index (χ4v) is 3.08. The Morgan fingerprint density at radius 1 is 1.43 bits per heavy atom. The second-order valence-electron chi connectivity index (χ2n) is 6.28. The number of carboxylic acids is 1. The van der Waals surface area contributed by atoms with Crippen molar-refractivity contribution in [3.8, 4) is 0 Å². The zero-order chi connectivity index (χ0) is 15.5. The van der Waals surface area contributed by atoms with Crippen molar-refractivity contribution in [2.45, 2.75) is 44.8 Å². The number of nitrogens with zero attached hydrogens (tertiary/aromatic N) is 2. The van der Waals surface area contributed by atoms with Gasteiger partial charge in [0.2, 0.25) is 0 Å². The van der Waals surface area contributed by atoms with E-state index in [4.69, 9.17) is 5.11 Å². The quantitative estimate of drug-likeness (QED) is 0.866. The topological polar surface area (TPSA) is 73.7 Å². The molecule has 5 heteroatoms. The average Bonchev–Trinajstić information content (AvgIpc) is 2.38. The van der Waals surface area contributed by atoms with E-state index < -0.39 is 11.6 Å². The summed E-state index contributed by atoms with van der Waals surface area (Å²) in [7, 11) is 1.96. The van der Waals surface area contributed by atoms with E-state index in [1.54, 1.807) is 0 Å². The molecule has 1 aliphatic carbocycles. The van der Waals surface area contributed by atoms with Gasteiger partial charge in [-0.1, -0.05) is 6.07 Å². The number of hydrogen-bond acceptors (Lipinski definition) is 4. The number of aromatic nitrogens is 1. The van der Waals surface area contributed by atoms with Gasteiger partial charge in [0.05, 0.1) is 17.2 Å². The van der Waals surface area contributed by atoms with Gasteiger partial charge in [-0.3, -0.25) is 14.7 Å². The molecule has 0 radical (unpaired) electrons. The van der Waals surface area contributed by atoms with Crippen LogP contribution < -0.4 is 0 Å². The lowest BCUT2D eigenvalue weighted by molar-refractivity contribution is -0.145. The van der Waals surface area contributed by atoms with Gasteiger partial charge in [-0.25, -0.2) is 0 Å². The van der Waals surface area contributed by atoms with Gasteiger partial charge in [0, 0.05) is 18.8 Å². The lowest BCUT2D eigenvalue weighted by Gasteiger charge is -2.37. The molecule has 0 atom stereocenters. The van der Waals surface area contributed by atoms with E-state index in [1.807, 2.05) is 32.2 Å². The summed E-state index contributed by atoms with van der Waals surface area (Å²) < 4.78 is 0. The van der Waals surface area contributed by atoms with Crippen LogP contribution in [0.15, 0.2) is 18.2 Å². The highest BCUT2D eigenvalue weighted by atomic mass is 16.4. The number of hydrogen-bond donors (Lipinski definition) is 2. The van der Waals surface area contributed by atoms with Gasteiger partial charge >= 0.3 is 5.97 Å². The largest absolute Gasteiger partial charge is 0.481 e. The molecule has 2 N–H and O–H groups in total. The maximum atomic E-state index is 11.0. The highest BCUT2D eigenvalue weighted by Gasteiger charge is 2.36. The zero-order valence-electron chi connectivity index (χ0n) is 12.7. The third kappa shape index (κ3) is 4.51. The number of aryl methyl sites for hydroxylation is 1. The molecule has 0 aromatic carbocycles. The molecule has 21 heavy (non-hydrogen) atoms. The Morgan fingerprint density at radius 2 is 2.10 bits per heavy atom. The molecule has 1 aliphatic rings. The van der Waals surface area contributed by atoms with Gasteiger partial charge in [-0.05, 0) is 51.8 Å². The number of likely N-dealkylation sites (N-methyl/N-ethyl adjacent to an activating group) is 1. The Labute approximate surface area is 125 Å². The van der Waals surface area contributed by atoms with E-state index in [1.165, 1.54) is 0 Å². The molecular weight excluding hydrogens is 268 g/mol. The Hall–Kier alpha value is -1.46. The second kappa shape index (κ2) is 6.54. The zero-order valence-corrected chi connectivity index (χ0v) is 12.7. The predicted octanol–water partition coefficient (Wildman–Crippen LogP) is 1.83. The summed E-state index contributed by atoms with van der Waals surface area (Å²) in [6.45, 7) is 3.20. The van der Waals surface area contributed by atoms with E-state index in [0.717, 1.165) is 11.4 Å². The summed E-state index contributed by atoms with van der Waals surface area (Å²) in [6, 6.07) is 5.93. The van der Waals surface area contributed by atoms with Crippen molar-refractivity contribution in [2.24, 2.45) is 5.92 Å². The van der Waals surface area contributed by atoms with Crippen LogP contribution in [-0.2, 0) is 11.3 Å². The van der Waals surface area contributed by atoms with Gasteiger partial charge in [-0.2, -0.15) is 0 Å². The molecule has 1 aromatic heterocycles. The SMILES string of the molecule is Cc1cccc(CN(C)CC2(O)CCC(C(=O)O)CC2)n1. The summed E-state index contributed by atoms with van der Waals surface area (Å²) in [6.07, 6.45) is 2.22. The normalized spacial score (nSPS) is 26.0.